The van der Waals surface area contributed by atoms with Gasteiger partial charge in [0.1, 0.15) is 11.4 Å². The lowest BCUT2D eigenvalue weighted by Crippen LogP contribution is -2.44. The Balaban J connectivity index is 1.52. The molecule has 1 saturated heterocycles. The van der Waals surface area contributed by atoms with Crippen LogP contribution in [-0.4, -0.2) is 41.4 Å². The van der Waals surface area contributed by atoms with Crippen LogP contribution in [0.1, 0.15) is 12.0 Å². The quantitative estimate of drug-likeness (QED) is 0.423. The number of para-hydroxylation sites is 1. The van der Waals surface area contributed by atoms with Crippen LogP contribution in [0.4, 0.5) is 5.69 Å². The molecular formula is C25H23N3O4S2. The van der Waals surface area contributed by atoms with Crippen LogP contribution in [0.2, 0.25) is 0 Å². The van der Waals surface area contributed by atoms with E-state index in [1.165, 1.54) is 27.1 Å². The Morgan fingerprint density at radius 3 is 2.56 bits per heavy atom. The van der Waals surface area contributed by atoms with Crippen molar-refractivity contribution in [1.82, 2.24) is 9.55 Å². The highest BCUT2D eigenvalue weighted by Gasteiger charge is 2.35. The third kappa shape index (κ3) is 4.28. The predicted octanol–water partition coefficient (Wildman–Crippen LogP) is 3.65. The zero-order valence-corrected chi connectivity index (χ0v) is 20.2. The number of hydrogen-bond donors (Lipinski definition) is 0. The molecule has 4 aromatic rings. The number of hydrogen-bond acceptors (Lipinski definition) is 6. The Kier molecular flexibility index (Phi) is 5.83. The largest absolute Gasteiger partial charge is 0.307 e. The van der Waals surface area contributed by atoms with Gasteiger partial charge < -0.3 is 4.90 Å². The van der Waals surface area contributed by atoms with Crippen molar-refractivity contribution in [3.05, 3.63) is 82.2 Å². The Morgan fingerprint density at radius 1 is 1.15 bits per heavy atom. The predicted molar refractivity (Wildman–Crippen MR) is 135 cm³/mol. The van der Waals surface area contributed by atoms with Gasteiger partial charge in [0.25, 0.3) is 5.56 Å². The molecule has 0 saturated carbocycles. The summed E-state index contributed by atoms with van der Waals surface area (Å²) in [5, 5.41) is 2.40. The first kappa shape index (κ1) is 22.5. The first-order valence-corrected chi connectivity index (χ1v) is 13.6. The van der Waals surface area contributed by atoms with Gasteiger partial charge in [-0.15, -0.1) is 11.3 Å². The van der Waals surface area contributed by atoms with Crippen LogP contribution in [0.25, 0.3) is 21.3 Å². The lowest BCUT2D eigenvalue weighted by atomic mass is 10.1. The van der Waals surface area contributed by atoms with E-state index in [0.717, 1.165) is 16.7 Å². The molecule has 7 nitrogen and oxygen atoms in total. The zero-order valence-electron chi connectivity index (χ0n) is 18.5. The van der Waals surface area contributed by atoms with Crippen LogP contribution in [0.3, 0.4) is 0 Å². The van der Waals surface area contributed by atoms with Crippen LogP contribution in [0.5, 0.6) is 0 Å². The second-order valence-corrected chi connectivity index (χ2v) is 11.6. The minimum atomic E-state index is -3.20. The summed E-state index contributed by atoms with van der Waals surface area (Å²) in [7, 11) is -3.20. The summed E-state index contributed by atoms with van der Waals surface area (Å²) in [5.41, 5.74) is 3.16. The van der Waals surface area contributed by atoms with Gasteiger partial charge in [0.2, 0.25) is 5.91 Å². The van der Waals surface area contributed by atoms with Crippen LogP contribution in [-0.2, 0) is 21.2 Å². The summed E-state index contributed by atoms with van der Waals surface area (Å²) in [6, 6.07) is 16.5. The fraction of sp³-hybridized carbons (Fsp3) is 0.240. The van der Waals surface area contributed by atoms with Gasteiger partial charge in [-0.2, -0.15) is 0 Å². The van der Waals surface area contributed by atoms with E-state index in [1.54, 1.807) is 24.3 Å². The Hall–Kier alpha value is -3.30. The van der Waals surface area contributed by atoms with E-state index >= 15 is 0 Å². The lowest BCUT2D eigenvalue weighted by molar-refractivity contribution is -0.119. The van der Waals surface area contributed by atoms with Crippen LogP contribution in [0, 0.1) is 6.92 Å². The lowest BCUT2D eigenvalue weighted by Gasteiger charge is -2.28. The first-order valence-electron chi connectivity index (χ1n) is 10.9. The number of carbonyl (C=O) groups is 1. The van der Waals surface area contributed by atoms with Crippen molar-refractivity contribution >= 4 is 43.0 Å². The van der Waals surface area contributed by atoms with E-state index in [-0.39, 0.29) is 29.5 Å². The van der Waals surface area contributed by atoms with E-state index in [9.17, 15) is 18.0 Å². The van der Waals surface area contributed by atoms with Gasteiger partial charge in [-0.05, 0) is 31.0 Å². The van der Waals surface area contributed by atoms with Crippen LogP contribution >= 0.6 is 11.3 Å². The van der Waals surface area contributed by atoms with Gasteiger partial charge in [0.15, 0.2) is 9.84 Å². The molecule has 3 heterocycles. The van der Waals surface area contributed by atoms with Gasteiger partial charge in [-0.25, -0.2) is 13.4 Å². The van der Waals surface area contributed by atoms with Crippen LogP contribution in [0.15, 0.2) is 71.1 Å². The van der Waals surface area contributed by atoms with Crippen LogP contribution < -0.4 is 10.5 Å². The molecule has 0 radical (unpaired) electrons. The van der Waals surface area contributed by atoms with Gasteiger partial charge in [0, 0.05) is 16.6 Å². The maximum atomic E-state index is 13.5. The average Bonchev–Trinajstić information content (AvgIpc) is 3.41. The third-order valence-electron chi connectivity index (χ3n) is 6.11. The van der Waals surface area contributed by atoms with Crippen molar-refractivity contribution in [2.24, 2.45) is 0 Å². The molecular weight excluding hydrogens is 470 g/mol. The standard InChI is InChI=1S/C25H23N3O4S2/c1-17-7-9-18(10-8-17)21-14-33-24-23(21)25(30)27(16-26-24)13-22(29)28(19-5-3-2-4-6-19)20-11-12-34(31,32)15-20/h2-10,14,16,20H,11-13,15H2,1H3/t20-/m1/s1. The number of benzene rings is 2. The number of nitrogens with zero attached hydrogens (tertiary/aromatic N) is 3. The number of sulfone groups is 1. The molecule has 34 heavy (non-hydrogen) atoms. The Morgan fingerprint density at radius 2 is 1.88 bits per heavy atom. The molecule has 1 aliphatic heterocycles. The summed E-state index contributed by atoms with van der Waals surface area (Å²) in [6.45, 7) is 1.78. The molecule has 174 valence electrons. The Bertz CT molecular complexity index is 1520. The second-order valence-electron chi connectivity index (χ2n) is 8.53. The van der Waals surface area contributed by atoms with E-state index in [2.05, 4.69) is 4.98 Å². The summed E-state index contributed by atoms with van der Waals surface area (Å²) in [4.78, 5) is 33.5. The number of fused-ring (bicyclic) bond motifs is 1. The van der Waals surface area contributed by atoms with Gasteiger partial charge >= 0.3 is 0 Å². The van der Waals surface area contributed by atoms with Gasteiger partial charge in [0.05, 0.1) is 29.3 Å². The molecule has 2 aromatic heterocycles. The molecule has 5 rings (SSSR count). The summed E-state index contributed by atoms with van der Waals surface area (Å²) < 4.78 is 25.6. The van der Waals surface area contributed by atoms with Crippen molar-refractivity contribution < 1.29 is 13.2 Å². The smallest absolute Gasteiger partial charge is 0.263 e. The molecule has 9 heteroatoms. The van der Waals surface area contributed by atoms with Crippen molar-refractivity contribution in [2.75, 3.05) is 16.4 Å². The number of aryl methyl sites for hydroxylation is 1. The molecule has 0 aliphatic carbocycles. The third-order valence-corrected chi connectivity index (χ3v) is 8.74. The molecule has 1 fully saturated rings. The van der Waals surface area contributed by atoms with Gasteiger partial charge in [-0.1, -0.05) is 48.0 Å². The minimum Gasteiger partial charge on any atom is -0.307 e. The van der Waals surface area contributed by atoms with Crippen molar-refractivity contribution in [3.63, 3.8) is 0 Å². The molecule has 0 bridgehead atoms. The number of amides is 1. The van der Waals surface area contributed by atoms with E-state index in [1.807, 2.05) is 42.6 Å². The highest BCUT2D eigenvalue weighted by atomic mass is 32.2. The molecule has 2 aromatic carbocycles. The Labute approximate surface area is 201 Å². The van der Waals surface area contributed by atoms with E-state index < -0.39 is 15.9 Å². The maximum absolute atomic E-state index is 13.5. The molecule has 0 unspecified atom stereocenters. The number of thiophene rings is 1. The van der Waals surface area contributed by atoms with Crippen molar-refractivity contribution in [3.8, 4) is 11.1 Å². The van der Waals surface area contributed by atoms with E-state index in [4.69, 9.17) is 0 Å². The summed E-state index contributed by atoms with van der Waals surface area (Å²) in [5.74, 6) is -0.373. The normalized spacial score (nSPS) is 17.1. The molecule has 1 atom stereocenters. The first-order chi connectivity index (χ1) is 16.3. The van der Waals surface area contributed by atoms with Crippen molar-refractivity contribution in [2.45, 2.75) is 25.9 Å². The SMILES string of the molecule is Cc1ccc(-c2csc3ncn(CC(=O)N(c4ccccc4)[C@@H]4CCS(=O)(=O)C4)c(=O)c23)cc1. The average molecular weight is 494 g/mol. The van der Waals surface area contributed by atoms with Gasteiger partial charge in [-0.3, -0.25) is 14.2 Å². The zero-order chi connectivity index (χ0) is 23.9. The minimum absolute atomic E-state index is 0.0521. The second kappa shape index (κ2) is 8.81. The molecule has 1 amide bonds. The fourth-order valence-electron chi connectivity index (χ4n) is 4.37. The fourth-order valence-corrected chi connectivity index (χ4v) is 6.98. The highest BCUT2D eigenvalue weighted by molar-refractivity contribution is 7.91. The number of anilines is 1. The molecule has 0 spiro atoms. The monoisotopic (exact) mass is 493 g/mol. The molecule has 1 aliphatic rings. The number of aromatic nitrogens is 2. The van der Waals surface area contributed by atoms with Crippen molar-refractivity contribution in [1.29, 1.82) is 0 Å². The molecule has 0 N–H and O–H groups in total. The number of carbonyl (C=O) groups excluding carboxylic acids is 1. The summed E-state index contributed by atoms with van der Waals surface area (Å²) in [6.07, 6.45) is 1.77. The summed E-state index contributed by atoms with van der Waals surface area (Å²) >= 11 is 1.39. The topological polar surface area (TPSA) is 89.3 Å². The maximum Gasteiger partial charge on any atom is 0.263 e. The number of rotatable bonds is 5. The van der Waals surface area contributed by atoms with E-state index in [0.29, 0.717) is 22.3 Å². The highest BCUT2D eigenvalue weighted by Crippen LogP contribution is 2.31.